The highest BCUT2D eigenvalue weighted by Crippen LogP contribution is 2.51. The van der Waals surface area contributed by atoms with E-state index in [1.807, 2.05) is 0 Å². The molecule has 68 valence electrons. The second-order valence-electron chi connectivity index (χ2n) is 1.55. The van der Waals surface area contributed by atoms with E-state index in [9.17, 15) is 13.0 Å². The third kappa shape index (κ3) is 6.79. The van der Waals surface area contributed by atoms with Gasteiger partial charge in [-0.2, -0.15) is 8.42 Å². The van der Waals surface area contributed by atoms with Gasteiger partial charge in [-0.25, -0.2) is 0 Å². The van der Waals surface area contributed by atoms with Crippen LogP contribution in [0.1, 0.15) is 0 Å². The SMILES string of the molecule is COP(N)(=O)SCS(=O)(=O)O. The van der Waals surface area contributed by atoms with Gasteiger partial charge < -0.3 is 4.52 Å². The molecule has 0 heterocycles. The second-order valence-corrected chi connectivity index (χ2v) is 7.66. The summed E-state index contributed by atoms with van der Waals surface area (Å²) >= 11 is 0.359. The smallest absolute Gasteiger partial charge is 0.313 e. The van der Waals surface area contributed by atoms with Crippen molar-refractivity contribution in [2.24, 2.45) is 5.50 Å². The van der Waals surface area contributed by atoms with Crippen LogP contribution in [0.3, 0.4) is 0 Å². The Balaban J connectivity index is 4.01. The van der Waals surface area contributed by atoms with Crippen LogP contribution in [-0.4, -0.2) is 25.2 Å². The summed E-state index contributed by atoms with van der Waals surface area (Å²) in [7, 11) is -3.04. The maximum Gasteiger partial charge on any atom is 0.324 e. The first-order valence-corrected chi connectivity index (χ1v) is 7.20. The minimum atomic E-state index is -4.14. The minimum Gasteiger partial charge on any atom is -0.313 e. The maximum absolute atomic E-state index is 10.8. The highest BCUT2D eigenvalue weighted by molar-refractivity contribution is 8.57. The molecule has 0 rings (SSSR count). The molecule has 0 spiro atoms. The van der Waals surface area contributed by atoms with Gasteiger partial charge in [0.2, 0.25) is 0 Å². The molecule has 3 N–H and O–H groups in total. The van der Waals surface area contributed by atoms with Crippen molar-refractivity contribution in [1.29, 1.82) is 0 Å². The zero-order chi connectivity index (χ0) is 9.12. The van der Waals surface area contributed by atoms with Gasteiger partial charge in [0, 0.05) is 7.11 Å². The van der Waals surface area contributed by atoms with Crippen LogP contribution < -0.4 is 5.50 Å². The van der Waals surface area contributed by atoms with E-state index >= 15 is 0 Å². The summed E-state index contributed by atoms with van der Waals surface area (Å²) in [5, 5.41) is -0.728. The van der Waals surface area contributed by atoms with E-state index in [-0.39, 0.29) is 0 Å². The van der Waals surface area contributed by atoms with Crippen molar-refractivity contribution >= 4 is 28.2 Å². The molecule has 0 amide bonds. The molecule has 0 bridgehead atoms. The largest absolute Gasteiger partial charge is 0.324 e. The zero-order valence-corrected chi connectivity index (χ0v) is 8.16. The normalized spacial score (nSPS) is 17.7. The average molecular weight is 221 g/mol. The Morgan fingerprint density at radius 2 is 2.18 bits per heavy atom. The Morgan fingerprint density at radius 1 is 1.73 bits per heavy atom. The summed E-state index contributed by atoms with van der Waals surface area (Å²) in [6, 6.07) is 0. The molecule has 9 heteroatoms. The summed E-state index contributed by atoms with van der Waals surface area (Å²) in [5.74, 6) is 0. The van der Waals surface area contributed by atoms with Crippen LogP contribution in [-0.2, 0) is 19.2 Å². The van der Waals surface area contributed by atoms with Gasteiger partial charge in [0.05, 0.1) is 0 Å². The maximum atomic E-state index is 10.8. The molecular formula is C2H8NO5PS2. The third-order valence-electron chi connectivity index (χ3n) is 0.636. The van der Waals surface area contributed by atoms with E-state index in [0.29, 0.717) is 11.4 Å². The van der Waals surface area contributed by atoms with Crippen LogP contribution >= 0.6 is 18.1 Å². The van der Waals surface area contributed by atoms with E-state index in [0.717, 1.165) is 7.11 Å². The van der Waals surface area contributed by atoms with E-state index < -0.39 is 21.9 Å². The van der Waals surface area contributed by atoms with E-state index in [4.69, 9.17) is 10.1 Å². The van der Waals surface area contributed by atoms with Crippen molar-refractivity contribution in [1.82, 2.24) is 0 Å². The Morgan fingerprint density at radius 3 is 2.45 bits per heavy atom. The molecule has 0 fully saturated rings. The van der Waals surface area contributed by atoms with Crippen molar-refractivity contribution in [2.45, 2.75) is 0 Å². The Bertz CT molecular complexity index is 260. The monoisotopic (exact) mass is 221 g/mol. The molecule has 0 aromatic carbocycles. The van der Waals surface area contributed by atoms with Gasteiger partial charge >= 0.3 is 6.72 Å². The van der Waals surface area contributed by atoms with Gasteiger partial charge in [0.25, 0.3) is 10.1 Å². The first kappa shape index (κ1) is 11.4. The molecule has 0 aliphatic rings. The Kier molecular flexibility index (Phi) is 4.03. The average Bonchev–Trinajstić information content (AvgIpc) is 1.83. The van der Waals surface area contributed by atoms with Crippen molar-refractivity contribution in [3.63, 3.8) is 0 Å². The summed E-state index contributed by atoms with van der Waals surface area (Å²) in [6.07, 6.45) is 0. The summed E-state index contributed by atoms with van der Waals surface area (Å²) in [5.41, 5.74) is 4.94. The Hall–Kier alpha value is 0.410. The van der Waals surface area contributed by atoms with Gasteiger partial charge in [-0.1, -0.05) is 0 Å². The van der Waals surface area contributed by atoms with Gasteiger partial charge in [0.1, 0.15) is 5.08 Å². The molecule has 6 nitrogen and oxygen atoms in total. The standard InChI is InChI=1S/C2H8NO5PS2/c1-8-9(3,4)10-2-11(5,6)7/h2H2,1H3,(H2,3,4)(H,5,6,7). The van der Waals surface area contributed by atoms with E-state index in [2.05, 4.69) is 4.52 Å². The molecule has 0 aliphatic carbocycles. The fourth-order valence-corrected chi connectivity index (χ4v) is 4.26. The molecule has 1 unspecified atom stereocenters. The number of hydrogen-bond donors (Lipinski definition) is 2. The van der Waals surface area contributed by atoms with Crippen molar-refractivity contribution in [3.8, 4) is 0 Å². The van der Waals surface area contributed by atoms with Crippen LogP contribution in [0.5, 0.6) is 0 Å². The van der Waals surface area contributed by atoms with Gasteiger partial charge in [-0.05, 0) is 11.4 Å². The highest BCUT2D eigenvalue weighted by Gasteiger charge is 2.19. The molecule has 11 heavy (non-hydrogen) atoms. The topological polar surface area (TPSA) is 107 Å². The van der Waals surface area contributed by atoms with E-state index in [1.165, 1.54) is 0 Å². The lowest BCUT2D eigenvalue weighted by molar-refractivity contribution is 0.410. The van der Waals surface area contributed by atoms with Gasteiger partial charge in [-0.15, -0.1) is 0 Å². The summed E-state index contributed by atoms with van der Waals surface area (Å²) in [4.78, 5) is 0. The van der Waals surface area contributed by atoms with Crippen LogP contribution in [0.2, 0.25) is 0 Å². The fourth-order valence-electron chi connectivity index (χ4n) is 0.193. The first-order valence-electron chi connectivity index (χ1n) is 2.31. The number of rotatable bonds is 4. The van der Waals surface area contributed by atoms with Crippen molar-refractivity contribution in [2.75, 3.05) is 12.2 Å². The molecule has 1 atom stereocenters. The summed E-state index contributed by atoms with van der Waals surface area (Å²) in [6.45, 7) is -3.39. The molecule has 0 aliphatic heterocycles. The molecule has 0 saturated carbocycles. The van der Waals surface area contributed by atoms with Crippen LogP contribution in [0.15, 0.2) is 0 Å². The number of nitrogens with two attached hydrogens (primary N) is 1. The fraction of sp³-hybridized carbons (Fsp3) is 1.00. The predicted octanol–water partition coefficient (Wildman–Crippen LogP) is 0.278. The summed E-state index contributed by atoms with van der Waals surface area (Å²) < 4.78 is 43.4. The lowest BCUT2D eigenvalue weighted by atomic mass is 11.8. The van der Waals surface area contributed by atoms with Gasteiger partial charge in [-0.3, -0.25) is 14.6 Å². The second kappa shape index (κ2) is 3.88. The zero-order valence-electron chi connectivity index (χ0n) is 5.63. The quantitative estimate of drug-likeness (QED) is 0.518. The molecular weight excluding hydrogens is 213 g/mol. The minimum absolute atomic E-state index is 0.359. The number of hydrogen-bond acceptors (Lipinski definition) is 5. The third-order valence-corrected chi connectivity index (χ3v) is 5.59. The lowest BCUT2D eigenvalue weighted by Gasteiger charge is -2.06. The van der Waals surface area contributed by atoms with Crippen molar-refractivity contribution < 1.29 is 22.1 Å². The molecule has 0 saturated heterocycles. The lowest BCUT2D eigenvalue weighted by Crippen LogP contribution is -2.02. The molecule has 0 aromatic rings. The van der Waals surface area contributed by atoms with Gasteiger partial charge in [0.15, 0.2) is 0 Å². The molecule has 0 radical (unpaired) electrons. The molecule has 0 aromatic heterocycles. The predicted molar refractivity (Wildman–Crippen MR) is 42.8 cm³/mol. The van der Waals surface area contributed by atoms with Crippen molar-refractivity contribution in [3.05, 3.63) is 0 Å². The van der Waals surface area contributed by atoms with Crippen LogP contribution in [0.25, 0.3) is 0 Å². The highest BCUT2D eigenvalue weighted by atomic mass is 32.7. The first-order chi connectivity index (χ1) is 4.77. The Labute approximate surface area is 68.5 Å². The van der Waals surface area contributed by atoms with Crippen LogP contribution in [0.4, 0.5) is 0 Å². The van der Waals surface area contributed by atoms with E-state index in [1.54, 1.807) is 0 Å². The van der Waals surface area contributed by atoms with Crippen LogP contribution in [0, 0.1) is 0 Å².